The molecule has 0 amide bonds. The smallest absolute Gasteiger partial charge is 0.243 e. The van der Waals surface area contributed by atoms with E-state index < -0.39 is 10.0 Å². The molecule has 0 aromatic heterocycles. The fraction of sp³-hybridized carbons (Fsp3) is 0.588. The summed E-state index contributed by atoms with van der Waals surface area (Å²) < 4.78 is 32.2. The van der Waals surface area contributed by atoms with E-state index in [0.717, 1.165) is 25.1 Å². The van der Waals surface area contributed by atoms with Gasteiger partial charge in [-0.3, -0.25) is 0 Å². The zero-order valence-electron chi connectivity index (χ0n) is 14.9. The van der Waals surface area contributed by atoms with E-state index in [9.17, 15) is 8.42 Å². The lowest BCUT2D eigenvalue weighted by molar-refractivity contribution is 0.145. The lowest BCUT2D eigenvalue weighted by Gasteiger charge is -2.35. The van der Waals surface area contributed by atoms with Crippen LogP contribution in [0.25, 0.3) is 0 Å². The van der Waals surface area contributed by atoms with Crippen LogP contribution in [0.4, 0.5) is 0 Å². The van der Waals surface area contributed by atoms with Crippen LogP contribution in [0.3, 0.4) is 0 Å². The van der Waals surface area contributed by atoms with Crippen LogP contribution < -0.4 is 5.32 Å². The van der Waals surface area contributed by atoms with Gasteiger partial charge in [0.15, 0.2) is 5.11 Å². The standard InChI is InChI=1S/C17H27N3O3S2/c1-3-23-14-4-9-18-17(24)19-10-12-20(13-11-19)25(21,22)16-7-5-15(2)6-8-16/h5-8H,3-4,9-14H2,1-2H3,(H,18,24). The van der Waals surface area contributed by atoms with Crippen LogP contribution >= 0.6 is 12.2 Å². The lowest BCUT2D eigenvalue weighted by atomic mass is 10.2. The van der Waals surface area contributed by atoms with Gasteiger partial charge in [-0.05, 0) is 44.6 Å². The number of benzene rings is 1. The average Bonchev–Trinajstić information content (AvgIpc) is 2.62. The highest BCUT2D eigenvalue weighted by atomic mass is 32.2. The van der Waals surface area contributed by atoms with Gasteiger partial charge in [-0.1, -0.05) is 17.7 Å². The molecule has 1 aliphatic rings. The van der Waals surface area contributed by atoms with E-state index >= 15 is 0 Å². The summed E-state index contributed by atoms with van der Waals surface area (Å²) in [5.41, 5.74) is 1.05. The Morgan fingerprint density at radius 1 is 1.20 bits per heavy atom. The van der Waals surface area contributed by atoms with Crippen LogP contribution in [0, 0.1) is 6.92 Å². The molecule has 2 rings (SSSR count). The Hall–Kier alpha value is -1.22. The Morgan fingerprint density at radius 2 is 1.84 bits per heavy atom. The molecule has 0 radical (unpaired) electrons. The van der Waals surface area contributed by atoms with Gasteiger partial charge < -0.3 is 15.0 Å². The van der Waals surface area contributed by atoms with Gasteiger partial charge >= 0.3 is 0 Å². The second-order valence-corrected chi connectivity index (χ2v) is 8.31. The number of thiocarbonyl (C=S) groups is 1. The minimum absolute atomic E-state index is 0.350. The number of nitrogens with one attached hydrogen (secondary N) is 1. The summed E-state index contributed by atoms with van der Waals surface area (Å²) in [7, 11) is -3.43. The molecule has 1 fully saturated rings. The summed E-state index contributed by atoms with van der Waals surface area (Å²) in [6, 6.07) is 6.98. The molecule has 1 aliphatic heterocycles. The topological polar surface area (TPSA) is 61.9 Å². The minimum Gasteiger partial charge on any atom is -0.382 e. The predicted molar refractivity (Wildman–Crippen MR) is 103 cm³/mol. The van der Waals surface area contributed by atoms with E-state index in [-0.39, 0.29) is 0 Å². The van der Waals surface area contributed by atoms with Crippen molar-refractivity contribution in [3.05, 3.63) is 29.8 Å². The summed E-state index contributed by atoms with van der Waals surface area (Å²) in [6.07, 6.45) is 0.899. The maximum atomic E-state index is 12.7. The van der Waals surface area contributed by atoms with E-state index in [1.807, 2.05) is 30.9 Å². The molecule has 6 nitrogen and oxygen atoms in total. The highest BCUT2D eigenvalue weighted by Gasteiger charge is 2.29. The third-order valence-electron chi connectivity index (χ3n) is 4.13. The predicted octanol–water partition coefficient (Wildman–Crippen LogP) is 1.60. The zero-order chi connectivity index (χ0) is 18.3. The van der Waals surface area contributed by atoms with Gasteiger partial charge in [0.2, 0.25) is 10.0 Å². The summed E-state index contributed by atoms with van der Waals surface area (Å²) >= 11 is 5.40. The molecule has 0 unspecified atom stereocenters. The molecule has 140 valence electrons. The molecule has 25 heavy (non-hydrogen) atoms. The van der Waals surface area contributed by atoms with Gasteiger partial charge in [0.25, 0.3) is 0 Å². The van der Waals surface area contributed by atoms with E-state index in [1.54, 1.807) is 12.1 Å². The van der Waals surface area contributed by atoms with E-state index in [1.165, 1.54) is 4.31 Å². The first kappa shape index (κ1) is 20.1. The molecular weight excluding hydrogens is 358 g/mol. The number of hydrogen-bond acceptors (Lipinski definition) is 4. The Bertz CT molecular complexity index is 654. The van der Waals surface area contributed by atoms with Crippen LogP contribution in [0.5, 0.6) is 0 Å². The SMILES string of the molecule is CCOCCCNC(=S)N1CCN(S(=O)(=O)c2ccc(C)cc2)CC1. The molecule has 1 heterocycles. The Morgan fingerprint density at radius 3 is 2.44 bits per heavy atom. The van der Waals surface area contributed by atoms with E-state index in [4.69, 9.17) is 17.0 Å². The number of rotatable bonds is 7. The Kier molecular flexibility index (Phi) is 7.61. The highest BCUT2D eigenvalue weighted by Crippen LogP contribution is 2.18. The molecule has 0 bridgehead atoms. The molecule has 1 saturated heterocycles. The van der Waals surface area contributed by atoms with Crippen LogP contribution in [-0.4, -0.2) is 68.7 Å². The normalized spacial score (nSPS) is 16.0. The first-order valence-corrected chi connectivity index (χ1v) is 10.5. The second kappa shape index (κ2) is 9.47. The number of nitrogens with zero attached hydrogens (tertiary/aromatic N) is 2. The maximum absolute atomic E-state index is 12.7. The largest absolute Gasteiger partial charge is 0.382 e. The van der Waals surface area contributed by atoms with Gasteiger partial charge in [-0.15, -0.1) is 0 Å². The number of piperazine rings is 1. The summed E-state index contributed by atoms with van der Waals surface area (Å²) in [4.78, 5) is 2.38. The molecule has 0 spiro atoms. The highest BCUT2D eigenvalue weighted by molar-refractivity contribution is 7.89. The molecule has 0 atom stereocenters. The minimum atomic E-state index is -3.43. The molecule has 0 saturated carbocycles. The van der Waals surface area contributed by atoms with Crippen molar-refractivity contribution < 1.29 is 13.2 Å². The summed E-state index contributed by atoms with van der Waals surface area (Å²) in [5.74, 6) is 0. The quantitative estimate of drug-likeness (QED) is 0.568. The first-order chi connectivity index (χ1) is 11.9. The van der Waals surface area contributed by atoms with Crippen molar-refractivity contribution in [3.63, 3.8) is 0 Å². The fourth-order valence-corrected chi connectivity index (χ4v) is 4.32. The van der Waals surface area contributed by atoms with Crippen molar-refractivity contribution in [2.75, 3.05) is 45.9 Å². The third kappa shape index (κ3) is 5.64. The van der Waals surface area contributed by atoms with E-state index in [2.05, 4.69) is 5.32 Å². The molecule has 1 N–H and O–H groups in total. The number of sulfonamides is 1. The molecule has 8 heteroatoms. The van der Waals surface area contributed by atoms with Gasteiger partial charge in [-0.2, -0.15) is 4.31 Å². The lowest BCUT2D eigenvalue weighted by Crippen LogP contribution is -2.53. The third-order valence-corrected chi connectivity index (χ3v) is 6.45. The van der Waals surface area contributed by atoms with Crippen LogP contribution in [0.1, 0.15) is 18.9 Å². The monoisotopic (exact) mass is 385 g/mol. The molecule has 1 aromatic carbocycles. The van der Waals surface area contributed by atoms with Gasteiger partial charge in [-0.25, -0.2) is 8.42 Å². The van der Waals surface area contributed by atoms with Crippen LogP contribution in [0.2, 0.25) is 0 Å². The Labute approximate surface area is 156 Å². The van der Waals surface area contributed by atoms with Crippen LogP contribution in [-0.2, 0) is 14.8 Å². The number of hydrogen-bond donors (Lipinski definition) is 1. The van der Waals surface area contributed by atoms with E-state index in [0.29, 0.717) is 42.8 Å². The average molecular weight is 386 g/mol. The van der Waals surface area contributed by atoms with Gasteiger partial charge in [0.1, 0.15) is 0 Å². The second-order valence-electron chi connectivity index (χ2n) is 5.99. The summed E-state index contributed by atoms with van der Waals surface area (Å²) in [6.45, 7) is 8.20. The van der Waals surface area contributed by atoms with Crippen molar-refractivity contribution in [1.29, 1.82) is 0 Å². The first-order valence-electron chi connectivity index (χ1n) is 8.62. The van der Waals surface area contributed by atoms with Crippen molar-refractivity contribution in [3.8, 4) is 0 Å². The maximum Gasteiger partial charge on any atom is 0.243 e. The molecule has 0 aliphatic carbocycles. The van der Waals surface area contributed by atoms with Gasteiger partial charge in [0.05, 0.1) is 4.90 Å². The molecule has 1 aromatic rings. The molecular formula is C17H27N3O3S2. The van der Waals surface area contributed by atoms with Crippen LogP contribution in [0.15, 0.2) is 29.2 Å². The number of ether oxygens (including phenoxy) is 1. The zero-order valence-corrected chi connectivity index (χ0v) is 16.5. The van der Waals surface area contributed by atoms with Crippen molar-refractivity contribution in [1.82, 2.24) is 14.5 Å². The van der Waals surface area contributed by atoms with Crippen molar-refractivity contribution in [2.24, 2.45) is 0 Å². The number of aryl methyl sites for hydroxylation is 1. The fourth-order valence-electron chi connectivity index (χ4n) is 2.62. The van der Waals surface area contributed by atoms with Gasteiger partial charge in [0, 0.05) is 45.9 Å². The van der Waals surface area contributed by atoms with Crippen molar-refractivity contribution >= 4 is 27.4 Å². The Balaban J connectivity index is 1.82. The van der Waals surface area contributed by atoms with Crippen molar-refractivity contribution in [2.45, 2.75) is 25.2 Å². The summed E-state index contributed by atoms with van der Waals surface area (Å²) in [5, 5.41) is 3.90.